The Morgan fingerprint density at radius 2 is 1.89 bits per heavy atom. The highest BCUT2D eigenvalue weighted by Crippen LogP contribution is 2.46. The summed E-state index contributed by atoms with van der Waals surface area (Å²) in [5.41, 5.74) is -0.856. The van der Waals surface area contributed by atoms with Crippen LogP contribution >= 0.6 is 0 Å². The van der Waals surface area contributed by atoms with E-state index in [-0.39, 0.29) is 29.8 Å². The lowest BCUT2D eigenvalue weighted by atomic mass is 9.64. The van der Waals surface area contributed by atoms with E-state index in [2.05, 4.69) is 45.3 Å². The molecule has 1 aliphatic heterocycles. The first-order valence-electron chi connectivity index (χ1n) is 10.4. The third kappa shape index (κ3) is 5.45. The standard InChI is InChI=1S/C21H37N3O3/c1-14(2)8-7-9-16(4)22-17(25)12-24-18(26)21(23-19(24)27)11-15(3)10-20(5,6)13-21/h14-16H,7-13H2,1-6H3,(H,22,25)(H,23,27). The Kier molecular flexibility index (Phi) is 6.59. The molecule has 0 radical (unpaired) electrons. The lowest BCUT2D eigenvalue weighted by molar-refractivity contribution is -0.137. The fourth-order valence-electron chi connectivity index (χ4n) is 5.02. The molecule has 2 N–H and O–H groups in total. The molecule has 6 nitrogen and oxygen atoms in total. The molecule has 2 fully saturated rings. The van der Waals surface area contributed by atoms with E-state index in [9.17, 15) is 14.4 Å². The van der Waals surface area contributed by atoms with E-state index in [0.717, 1.165) is 30.6 Å². The van der Waals surface area contributed by atoms with Crippen molar-refractivity contribution in [2.24, 2.45) is 17.3 Å². The van der Waals surface area contributed by atoms with Gasteiger partial charge in [-0.15, -0.1) is 0 Å². The summed E-state index contributed by atoms with van der Waals surface area (Å²) >= 11 is 0. The number of rotatable bonds is 7. The monoisotopic (exact) mass is 379 g/mol. The summed E-state index contributed by atoms with van der Waals surface area (Å²) in [6, 6.07) is -0.396. The van der Waals surface area contributed by atoms with E-state index in [1.165, 1.54) is 0 Å². The van der Waals surface area contributed by atoms with Gasteiger partial charge in [-0.2, -0.15) is 0 Å². The van der Waals surface area contributed by atoms with Gasteiger partial charge >= 0.3 is 6.03 Å². The highest BCUT2D eigenvalue weighted by molar-refractivity contribution is 6.09. The molecule has 0 aromatic heterocycles. The van der Waals surface area contributed by atoms with Crippen molar-refractivity contribution < 1.29 is 14.4 Å². The van der Waals surface area contributed by atoms with Crippen LogP contribution in [0, 0.1) is 17.3 Å². The minimum atomic E-state index is -0.846. The van der Waals surface area contributed by atoms with Crippen LogP contribution in [0.25, 0.3) is 0 Å². The van der Waals surface area contributed by atoms with Gasteiger partial charge in [-0.05, 0) is 49.9 Å². The average molecular weight is 380 g/mol. The Bertz CT molecular complexity index is 587. The van der Waals surface area contributed by atoms with Gasteiger partial charge in [-0.25, -0.2) is 4.79 Å². The van der Waals surface area contributed by atoms with Crippen LogP contribution in [0.15, 0.2) is 0 Å². The second-order valence-electron chi connectivity index (χ2n) is 10.1. The van der Waals surface area contributed by atoms with E-state index >= 15 is 0 Å². The first kappa shape index (κ1) is 21.7. The number of nitrogens with zero attached hydrogens (tertiary/aromatic N) is 1. The first-order chi connectivity index (χ1) is 12.4. The molecule has 1 heterocycles. The minimum Gasteiger partial charge on any atom is -0.352 e. The Labute approximate surface area is 163 Å². The predicted molar refractivity (Wildman–Crippen MR) is 106 cm³/mol. The second-order valence-corrected chi connectivity index (χ2v) is 10.1. The molecule has 1 spiro atoms. The third-order valence-electron chi connectivity index (χ3n) is 5.75. The maximum absolute atomic E-state index is 13.1. The topological polar surface area (TPSA) is 78.5 Å². The molecule has 2 rings (SSSR count). The third-order valence-corrected chi connectivity index (χ3v) is 5.75. The number of imide groups is 1. The fraction of sp³-hybridized carbons (Fsp3) is 0.857. The maximum Gasteiger partial charge on any atom is 0.325 e. The maximum atomic E-state index is 13.1. The van der Waals surface area contributed by atoms with Gasteiger partial charge in [0.05, 0.1) is 0 Å². The lowest BCUT2D eigenvalue weighted by Crippen LogP contribution is -2.54. The molecule has 3 unspecified atom stereocenters. The molecule has 1 saturated heterocycles. The van der Waals surface area contributed by atoms with Crippen LogP contribution in [-0.4, -0.2) is 40.9 Å². The molecular formula is C21H37N3O3. The van der Waals surface area contributed by atoms with Gasteiger partial charge in [0.15, 0.2) is 0 Å². The molecule has 154 valence electrons. The summed E-state index contributed by atoms with van der Waals surface area (Å²) in [6.45, 7) is 12.5. The Morgan fingerprint density at radius 1 is 1.22 bits per heavy atom. The number of amides is 4. The molecule has 27 heavy (non-hydrogen) atoms. The van der Waals surface area contributed by atoms with Crippen molar-refractivity contribution in [3.05, 3.63) is 0 Å². The van der Waals surface area contributed by atoms with E-state index in [1.54, 1.807) is 0 Å². The van der Waals surface area contributed by atoms with Crippen molar-refractivity contribution in [1.82, 2.24) is 15.5 Å². The van der Waals surface area contributed by atoms with Crippen molar-refractivity contribution in [3.63, 3.8) is 0 Å². The van der Waals surface area contributed by atoms with Gasteiger partial charge in [0, 0.05) is 6.04 Å². The van der Waals surface area contributed by atoms with Crippen molar-refractivity contribution in [2.45, 2.75) is 91.6 Å². The van der Waals surface area contributed by atoms with Gasteiger partial charge in [-0.1, -0.05) is 47.5 Å². The van der Waals surface area contributed by atoms with Crippen LogP contribution in [0.2, 0.25) is 0 Å². The van der Waals surface area contributed by atoms with Crippen molar-refractivity contribution in [2.75, 3.05) is 6.54 Å². The molecule has 4 amide bonds. The van der Waals surface area contributed by atoms with Crippen LogP contribution < -0.4 is 10.6 Å². The highest BCUT2D eigenvalue weighted by atomic mass is 16.2. The summed E-state index contributed by atoms with van der Waals surface area (Å²) in [4.78, 5) is 39.0. The zero-order valence-corrected chi connectivity index (χ0v) is 17.9. The smallest absolute Gasteiger partial charge is 0.325 e. The summed E-state index contributed by atoms with van der Waals surface area (Å²) in [6.07, 6.45) is 5.39. The largest absolute Gasteiger partial charge is 0.352 e. The van der Waals surface area contributed by atoms with Crippen molar-refractivity contribution in [3.8, 4) is 0 Å². The van der Waals surface area contributed by atoms with Crippen LogP contribution in [-0.2, 0) is 9.59 Å². The summed E-state index contributed by atoms with van der Waals surface area (Å²) in [7, 11) is 0. The van der Waals surface area contributed by atoms with Gasteiger partial charge < -0.3 is 10.6 Å². The number of hydrogen-bond donors (Lipinski definition) is 2. The first-order valence-corrected chi connectivity index (χ1v) is 10.4. The summed E-state index contributed by atoms with van der Waals surface area (Å²) < 4.78 is 0. The molecule has 1 saturated carbocycles. The van der Waals surface area contributed by atoms with E-state index in [0.29, 0.717) is 24.7 Å². The van der Waals surface area contributed by atoms with E-state index in [4.69, 9.17) is 0 Å². The van der Waals surface area contributed by atoms with E-state index < -0.39 is 11.6 Å². The lowest BCUT2D eigenvalue weighted by Gasteiger charge is -2.43. The number of carbonyl (C=O) groups excluding carboxylic acids is 3. The van der Waals surface area contributed by atoms with Crippen LogP contribution in [0.4, 0.5) is 4.79 Å². The average Bonchev–Trinajstić information content (AvgIpc) is 2.68. The predicted octanol–water partition coefficient (Wildman–Crippen LogP) is 3.45. The molecule has 0 aromatic rings. The number of carbonyl (C=O) groups is 3. The van der Waals surface area contributed by atoms with E-state index in [1.807, 2.05) is 6.92 Å². The highest BCUT2D eigenvalue weighted by Gasteiger charge is 2.56. The summed E-state index contributed by atoms with van der Waals surface area (Å²) in [5.74, 6) is 0.496. The minimum absolute atomic E-state index is 0.0101. The van der Waals surface area contributed by atoms with Crippen LogP contribution in [0.5, 0.6) is 0 Å². The molecule has 2 aliphatic rings. The number of nitrogens with one attached hydrogen (secondary N) is 2. The van der Waals surface area contributed by atoms with Gasteiger partial charge in [0.2, 0.25) is 5.91 Å². The Balaban J connectivity index is 1.94. The Hall–Kier alpha value is -1.59. The normalized spacial score (nSPS) is 28.6. The molecule has 3 atom stereocenters. The summed E-state index contributed by atoms with van der Waals surface area (Å²) in [5, 5.41) is 5.84. The zero-order chi connectivity index (χ0) is 20.4. The van der Waals surface area contributed by atoms with Crippen molar-refractivity contribution in [1.29, 1.82) is 0 Å². The molecule has 0 aromatic carbocycles. The Morgan fingerprint density at radius 3 is 2.48 bits per heavy atom. The quantitative estimate of drug-likeness (QED) is 0.665. The van der Waals surface area contributed by atoms with Gasteiger partial charge in [-0.3, -0.25) is 14.5 Å². The van der Waals surface area contributed by atoms with Crippen LogP contribution in [0.3, 0.4) is 0 Å². The van der Waals surface area contributed by atoms with Gasteiger partial charge in [0.1, 0.15) is 12.1 Å². The molecule has 0 bridgehead atoms. The SMILES string of the molecule is CC(C)CCCC(C)NC(=O)CN1C(=O)NC2(CC(C)CC(C)(C)C2)C1=O. The second kappa shape index (κ2) is 8.19. The van der Waals surface area contributed by atoms with Gasteiger partial charge in [0.25, 0.3) is 5.91 Å². The fourth-order valence-corrected chi connectivity index (χ4v) is 5.02. The molecular weight excluding hydrogens is 342 g/mol. The number of hydrogen-bond acceptors (Lipinski definition) is 3. The molecule has 1 aliphatic carbocycles. The van der Waals surface area contributed by atoms with Crippen LogP contribution in [0.1, 0.15) is 80.1 Å². The van der Waals surface area contributed by atoms with Crippen molar-refractivity contribution >= 4 is 17.8 Å². The zero-order valence-electron chi connectivity index (χ0n) is 17.9. The number of urea groups is 1. The molecule has 6 heteroatoms.